The first-order valence-corrected chi connectivity index (χ1v) is 7.79. The molecule has 0 atom stereocenters. The summed E-state index contributed by atoms with van der Waals surface area (Å²) < 4.78 is 11.1. The number of benzene rings is 1. The van der Waals surface area contributed by atoms with Crippen LogP contribution < -0.4 is 4.74 Å². The molecule has 22 heavy (non-hydrogen) atoms. The maximum absolute atomic E-state index is 5.74. The minimum absolute atomic E-state index is 0.569. The Hall–Kier alpha value is -2.13. The molecule has 1 aromatic heterocycles. The van der Waals surface area contributed by atoms with Crippen LogP contribution in [0.15, 0.2) is 54.7 Å². The maximum Gasteiger partial charge on any atom is 0.138 e. The summed E-state index contributed by atoms with van der Waals surface area (Å²) in [6.07, 6.45) is 8.34. The van der Waals surface area contributed by atoms with Crippen molar-refractivity contribution < 1.29 is 9.47 Å². The standard InChI is InChI=1S/C19H21NO2/c1-2-4-17(5-3-1)15-22-19-9-8-18(20-14-19)7-6-16-10-12-21-13-11-16/h1-9,14,16H,10-13,15H2/b7-6+. The molecule has 0 N–H and O–H groups in total. The fraction of sp³-hybridized carbons (Fsp3) is 0.316. The van der Waals surface area contributed by atoms with E-state index in [-0.39, 0.29) is 0 Å². The molecule has 0 spiro atoms. The quantitative estimate of drug-likeness (QED) is 0.832. The molecule has 2 aromatic rings. The van der Waals surface area contributed by atoms with Gasteiger partial charge in [-0.2, -0.15) is 0 Å². The Labute approximate surface area is 131 Å². The van der Waals surface area contributed by atoms with E-state index in [9.17, 15) is 0 Å². The maximum atomic E-state index is 5.74. The van der Waals surface area contributed by atoms with Crippen LogP contribution in [0.2, 0.25) is 0 Å². The second-order valence-corrected chi connectivity index (χ2v) is 5.50. The van der Waals surface area contributed by atoms with Crippen molar-refractivity contribution in [2.24, 2.45) is 5.92 Å². The van der Waals surface area contributed by atoms with Gasteiger partial charge < -0.3 is 9.47 Å². The van der Waals surface area contributed by atoms with Crippen LogP contribution in [0, 0.1) is 5.92 Å². The zero-order chi connectivity index (χ0) is 15.0. The lowest BCUT2D eigenvalue weighted by Gasteiger charge is -2.18. The molecule has 0 bridgehead atoms. The van der Waals surface area contributed by atoms with E-state index in [2.05, 4.69) is 29.3 Å². The van der Waals surface area contributed by atoms with Crippen molar-refractivity contribution in [1.29, 1.82) is 0 Å². The van der Waals surface area contributed by atoms with E-state index in [0.717, 1.165) is 43.1 Å². The topological polar surface area (TPSA) is 31.4 Å². The van der Waals surface area contributed by atoms with Crippen molar-refractivity contribution in [2.75, 3.05) is 13.2 Å². The van der Waals surface area contributed by atoms with Gasteiger partial charge in [0.2, 0.25) is 0 Å². The molecule has 0 radical (unpaired) electrons. The second-order valence-electron chi connectivity index (χ2n) is 5.50. The molecule has 0 amide bonds. The van der Waals surface area contributed by atoms with Crippen LogP contribution in [0.25, 0.3) is 6.08 Å². The van der Waals surface area contributed by atoms with Crippen LogP contribution >= 0.6 is 0 Å². The van der Waals surface area contributed by atoms with Crippen LogP contribution in [-0.4, -0.2) is 18.2 Å². The number of aromatic nitrogens is 1. The summed E-state index contributed by atoms with van der Waals surface area (Å²) in [5, 5.41) is 0. The number of pyridine rings is 1. The third-order valence-electron chi connectivity index (χ3n) is 3.81. The highest BCUT2D eigenvalue weighted by Crippen LogP contribution is 2.18. The lowest BCUT2D eigenvalue weighted by atomic mass is 9.99. The molecule has 3 nitrogen and oxygen atoms in total. The minimum atomic E-state index is 0.569. The molecular weight excluding hydrogens is 274 g/mol. The van der Waals surface area contributed by atoms with Gasteiger partial charge in [0.15, 0.2) is 0 Å². The molecule has 3 rings (SSSR count). The lowest BCUT2D eigenvalue weighted by Crippen LogP contribution is -2.13. The molecule has 0 unspecified atom stereocenters. The Bertz CT molecular complexity index is 587. The summed E-state index contributed by atoms with van der Waals surface area (Å²) in [5.41, 5.74) is 2.13. The van der Waals surface area contributed by atoms with Crippen molar-refractivity contribution in [3.05, 3.63) is 66.0 Å². The Morgan fingerprint density at radius 3 is 2.64 bits per heavy atom. The predicted molar refractivity (Wildman–Crippen MR) is 87.6 cm³/mol. The van der Waals surface area contributed by atoms with Gasteiger partial charge in [0, 0.05) is 13.2 Å². The first kappa shape index (κ1) is 14.8. The van der Waals surface area contributed by atoms with Crippen molar-refractivity contribution in [3.63, 3.8) is 0 Å². The van der Waals surface area contributed by atoms with Gasteiger partial charge in [-0.1, -0.05) is 36.4 Å². The zero-order valence-electron chi connectivity index (χ0n) is 12.7. The number of hydrogen-bond donors (Lipinski definition) is 0. The Morgan fingerprint density at radius 1 is 1.09 bits per heavy atom. The van der Waals surface area contributed by atoms with Gasteiger partial charge in [0.1, 0.15) is 12.4 Å². The lowest BCUT2D eigenvalue weighted by molar-refractivity contribution is 0.0787. The first-order valence-electron chi connectivity index (χ1n) is 7.79. The van der Waals surface area contributed by atoms with Gasteiger partial charge in [-0.05, 0) is 42.5 Å². The third-order valence-corrected chi connectivity index (χ3v) is 3.81. The van der Waals surface area contributed by atoms with Crippen LogP contribution in [0.1, 0.15) is 24.1 Å². The summed E-state index contributed by atoms with van der Waals surface area (Å²) in [6.45, 7) is 2.31. The van der Waals surface area contributed by atoms with Gasteiger partial charge in [-0.3, -0.25) is 4.98 Å². The Morgan fingerprint density at radius 2 is 1.91 bits per heavy atom. The summed E-state index contributed by atoms with van der Waals surface area (Å²) in [6, 6.07) is 14.1. The molecule has 1 aliphatic rings. The Kier molecular flexibility index (Phi) is 5.22. The molecule has 1 aliphatic heterocycles. The molecule has 1 saturated heterocycles. The molecule has 0 saturated carbocycles. The average Bonchev–Trinajstić information content (AvgIpc) is 2.61. The van der Waals surface area contributed by atoms with E-state index in [1.54, 1.807) is 6.20 Å². The largest absolute Gasteiger partial charge is 0.487 e. The zero-order valence-corrected chi connectivity index (χ0v) is 12.7. The van der Waals surface area contributed by atoms with Crippen molar-refractivity contribution in [2.45, 2.75) is 19.4 Å². The highest BCUT2D eigenvalue weighted by Gasteiger charge is 2.09. The highest BCUT2D eigenvalue weighted by molar-refractivity contribution is 5.45. The molecule has 1 aromatic carbocycles. The van der Waals surface area contributed by atoms with E-state index < -0.39 is 0 Å². The highest BCUT2D eigenvalue weighted by atomic mass is 16.5. The normalized spacial score (nSPS) is 16.0. The average molecular weight is 295 g/mol. The van der Waals surface area contributed by atoms with E-state index in [1.807, 2.05) is 30.3 Å². The van der Waals surface area contributed by atoms with Gasteiger partial charge in [-0.25, -0.2) is 0 Å². The molecule has 2 heterocycles. The molecule has 114 valence electrons. The van der Waals surface area contributed by atoms with Crippen molar-refractivity contribution in [1.82, 2.24) is 4.98 Å². The molecule has 1 fully saturated rings. The van der Waals surface area contributed by atoms with Crippen molar-refractivity contribution >= 4 is 6.08 Å². The number of nitrogens with zero attached hydrogens (tertiary/aromatic N) is 1. The minimum Gasteiger partial charge on any atom is -0.487 e. The summed E-state index contributed by atoms with van der Waals surface area (Å²) in [4.78, 5) is 4.43. The van der Waals surface area contributed by atoms with Gasteiger partial charge >= 0.3 is 0 Å². The second kappa shape index (κ2) is 7.76. The number of hydrogen-bond acceptors (Lipinski definition) is 3. The van der Waals surface area contributed by atoms with E-state index in [0.29, 0.717) is 12.5 Å². The van der Waals surface area contributed by atoms with E-state index in [4.69, 9.17) is 9.47 Å². The van der Waals surface area contributed by atoms with Gasteiger partial charge in [-0.15, -0.1) is 0 Å². The van der Waals surface area contributed by atoms with Crippen molar-refractivity contribution in [3.8, 4) is 5.75 Å². The predicted octanol–water partition coefficient (Wildman–Crippen LogP) is 4.10. The summed E-state index contributed by atoms with van der Waals surface area (Å²) >= 11 is 0. The first-order chi connectivity index (χ1) is 10.9. The third kappa shape index (κ3) is 4.43. The number of ether oxygens (including phenoxy) is 2. The van der Waals surface area contributed by atoms with Crippen LogP contribution in [0.4, 0.5) is 0 Å². The SMILES string of the molecule is C(=C\C1CCOCC1)/c1ccc(OCc2ccccc2)cn1. The molecular formula is C19H21NO2. The van der Waals surface area contributed by atoms with Crippen LogP contribution in [0.5, 0.6) is 5.75 Å². The van der Waals surface area contributed by atoms with Crippen LogP contribution in [0.3, 0.4) is 0 Å². The smallest absolute Gasteiger partial charge is 0.138 e. The molecule has 0 aliphatic carbocycles. The monoisotopic (exact) mass is 295 g/mol. The van der Waals surface area contributed by atoms with Gasteiger partial charge in [0.05, 0.1) is 11.9 Å². The summed E-state index contributed by atoms with van der Waals surface area (Å²) in [7, 11) is 0. The van der Waals surface area contributed by atoms with E-state index in [1.165, 1.54) is 0 Å². The van der Waals surface area contributed by atoms with Crippen LogP contribution in [-0.2, 0) is 11.3 Å². The summed E-state index contributed by atoms with van der Waals surface area (Å²) in [5.74, 6) is 1.41. The van der Waals surface area contributed by atoms with Gasteiger partial charge in [0.25, 0.3) is 0 Å². The fourth-order valence-corrected chi connectivity index (χ4v) is 2.46. The van der Waals surface area contributed by atoms with E-state index >= 15 is 0 Å². The number of rotatable bonds is 5. The molecule has 3 heteroatoms. The Balaban J connectivity index is 1.52. The fourth-order valence-electron chi connectivity index (χ4n) is 2.46. The number of allylic oxidation sites excluding steroid dienone is 1.